The number of rotatable bonds is 3. The number of amides is 1. The summed E-state index contributed by atoms with van der Waals surface area (Å²) in [6, 6.07) is 9.71. The Morgan fingerprint density at radius 2 is 1.95 bits per heavy atom. The van der Waals surface area contributed by atoms with Gasteiger partial charge in [0.2, 0.25) is 0 Å². The Hall–Kier alpha value is -1.26. The fourth-order valence-corrected chi connectivity index (χ4v) is 3.56. The minimum Gasteiger partial charge on any atom is -0.445 e. The molecule has 0 aliphatic heterocycles. The standard InChI is InChI=1S/C15H20N2O2.ClH/c16-14-7-4-8-15(10-14,11-14)17-13(18)19-9-12-5-2-1-3-6-12;/h1-3,5-6H,4,7-11,16H2,(H,17,18);1H. The summed E-state index contributed by atoms with van der Waals surface area (Å²) in [5, 5.41) is 3.02. The molecule has 5 heteroatoms. The van der Waals surface area contributed by atoms with Gasteiger partial charge in [0.05, 0.1) is 0 Å². The largest absolute Gasteiger partial charge is 0.445 e. The first-order chi connectivity index (χ1) is 9.09. The molecule has 20 heavy (non-hydrogen) atoms. The molecule has 3 fully saturated rings. The molecule has 0 aromatic heterocycles. The summed E-state index contributed by atoms with van der Waals surface area (Å²) >= 11 is 0. The van der Waals surface area contributed by atoms with Gasteiger partial charge in [-0.3, -0.25) is 0 Å². The number of benzene rings is 1. The van der Waals surface area contributed by atoms with E-state index < -0.39 is 0 Å². The van der Waals surface area contributed by atoms with Gasteiger partial charge in [0.25, 0.3) is 0 Å². The van der Waals surface area contributed by atoms with Crippen molar-refractivity contribution in [3.63, 3.8) is 0 Å². The normalized spacial score (nSPS) is 30.6. The van der Waals surface area contributed by atoms with E-state index >= 15 is 0 Å². The SMILES string of the molecule is Cl.NC12CCCC(NC(=O)OCc3ccccc3)(C1)C2. The first kappa shape index (κ1) is 15.1. The van der Waals surface area contributed by atoms with Gasteiger partial charge in [-0.25, -0.2) is 4.79 Å². The van der Waals surface area contributed by atoms with E-state index in [1.54, 1.807) is 0 Å². The van der Waals surface area contributed by atoms with E-state index in [9.17, 15) is 4.79 Å². The fourth-order valence-electron chi connectivity index (χ4n) is 3.56. The molecular formula is C15H21ClN2O2. The molecule has 4 nitrogen and oxygen atoms in total. The quantitative estimate of drug-likeness (QED) is 0.901. The summed E-state index contributed by atoms with van der Waals surface area (Å²) in [6.07, 6.45) is 4.64. The van der Waals surface area contributed by atoms with Crippen LogP contribution in [-0.4, -0.2) is 17.2 Å². The molecule has 0 radical (unpaired) electrons. The maximum atomic E-state index is 11.8. The van der Waals surface area contributed by atoms with Gasteiger partial charge >= 0.3 is 6.09 Å². The Morgan fingerprint density at radius 1 is 1.25 bits per heavy atom. The lowest BCUT2D eigenvalue weighted by atomic mass is 9.55. The van der Waals surface area contributed by atoms with Gasteiger partial charge in [-0.2, -0.15) is 0 Å². The molecule has 4 rings (SSSR count). The summed E-state index contributed by atoms with van der Waals surface area (Å²) in [5.41, 5.74) is 7.04. The zero-order valence-corrected chi connectivity index (χ0v) is 12.2. The van der Waals surface area contributed by atoms with Crippen molar-refractivity contribution in [2.75, 3.05) is 0 Å². The second-order valence-corrected chi connectivity index (χ2v) is 6.04. The first-order valence-corrected chi connectivity index (χ1v) is 6.87. The number of halogens is 1. The maximum absolute atomic E-state index is 11.8. The molecule has 1 aromatic rings. The number of carbonyl (C=O) groups excluding carboxylic acids is 1. The van der Waals surface area contributed by atoms with Crippen LogP contribution < -0.4 is 11.1 Å². The van der Waals surface area contributed by atoms with Gasteiger partial charge in [0, 0.05) is 11.1 Å². The van der Waals surface area contributed by atoms with Crippen LogP contribution in [-0.2, 0) is 11.3 Å². The third-order valence-electron chi connectivity index (χ3n) is 4.29. The van der Waals surface area contributed by atoms with Crippen LogP contribution in [0.1, 0.15) is 37.7 Å². The predicted molar refractivity (Wildman–Crippen MR) is 79.7 cm³/mol. The molecule has 3 aliphatic carbocycles. The lowest BCUT2D eigenvalue weighted by Gasteiger charge is -2.58. The number of carbonyl (C=O) groups is 1. The maximum Gasteiger partial charge on any atom is 0.407 e. The minimum absolute atomic E-state index is 0. The average Bonchev–Trinajstić information content (AvgIpc) is 2.36. The molecule has 0 atom stereocenters. The Balaban J connectivity index is 0.00000147. The highest BCUT2D eigenvalue weighted by Crippen LogP contribution is 2.50. The van der Waals surface area contributed by atoms with E-state index in [1.165, 1.54) is 0 Å². The first-order valence-electron chi connectivity index (χ1n) is 6.87. The van der Waals surface area contributed by atoms with E-state index in [0.717, 1.165) is 37.7 Å². The highest BCUT2D eigenvalue weighted by Gasteiger charge is 2.56. The van der Waals surface area contributed by atoms with Gasteiger partial charge in [0.15, 0.2) is 0 Å². The molecule has 0 spiro atoms. The molecule has 2 bridgehead atoms. The van der Waals surface area contributed by atoms with E-state index in [-0.39, 0.29) is 29.6 Å². The second kappa shape index (κ2) is 5.62. The van der Waals surface area contributed by atoms with Crippen molar-refractivity contribution in [3.05, 3.63) is 35.9 Å². The van der Waals surface area contributed by atoms with Crippen molar-refractivity contribution in [2.45, 2.75) is 49.8 Å². The molecular weight excluding hydrogens is 276 g/mol. The number of alkyl carbamates (subject to hydrolysis) is 1. The Labute approximate surface area is 125 Å². The number of fused-ring (bicyclic) bond motifs is 2. The van der Waals surface area contributed by atoms with Crippen LogP contribution in [0.5, 0.6) is 0 Å². The van der Waals surface area contributed by atoms with Crippen molar-refractivity contribution in [2.24, 2.45) is 5.73 Å². The summed E-state index contributed by atoms with van der Waals surface area (Å²) in [5.74, 6) is 0. The van der Waals surface area contributed by atoms with E-state index in [0.29, 0.717) is 6.61 Å². The monoisotopic (exact) mass is 296 g/mol. The highest BCUT2D eigenvalue weighted by molar-refractivity contribution is 5.85. The molecule has 3 aliphatic rings. The fraction of sp³-hybridized carbons (Fsp3) is 0.533. The van der Waals surface area contributed by atoms with E-state index in [2.05, 4.69) is 5.32 Å². The van der Waals surface area contributed by atoms with Crippen LogP contribution in [0, 0.1) is 0 Å². The summed E-state index contributed by atoms with van der Waals surface area (Å²) in [6.45, 7) is 0.316. The van der Waals surface area contributed by atoms with Crippen molar-refractivity contribution in [3.8, 4) is 0 Å². The highest BCUT2D eigenvalue weighted by atomic mass is 35.5. The summed E-state index contributed by atoms with van der Waals surface area (Å²) in [4.78, 5) is 11.8. The van der Waals surface area contributed by atoms with Crippen LogP contribution in [0.2, 0.25) is 0 Å². The van der Waals surface area contributed by atoms with Crippen LogP contribution in [0.25, 0.3) is 0 Å². The summed E-state index contributed by atoms with van der Waals surface area (Å²) < 4.78 is 5.26. The predicted octanol–water partition coefficient (Wildman–Crippen LogP) is 2.75. The van der Waals surface area contributed by atoms with Crippen molar-refractivity contribution in [1.29, 1.82) is 0 Å². The number of ether oxygens (including phenoxy) is 1. The Morgan fingerprint density at radius 3 is 2.60 bits per heavy atom. The number of nitrogens with two attached hydrogens (primary N) is 1. The molecule has 110 valence electrons. The Kier molecular flexibility index (Phi) is 4.25. The minimum atomic E-state index is -0.326. The lowest BCUT2D eigenvalue weighted by Crippen LogP contribution is -2.71. The molecule has 0 saturated heterocycles. The number of hydrogen-bond acceptors (Lipinski definition) is 3. The second-order valence-electron chi connectivity index (χ2n) is 6.04. The Bertz CT molecular complexity index is 472. The van der Waals surface area contributed by atoms with Crippen molar-refractivity contribution >= 4 is 18.5 Å². The zero-order chi connectivity index (χ0) is 13.3. The molecule has 3 N–H and O–H groups in total. The van der Waals surface area contributed by atoms with Gasteiger partial charge in [-0.1, -0.05) is 30.3 Å². The van der Waals surface area contributed by atoms with Crippen LogP contribution in [0.4, 0.5) is 4.79 Å². The molecule has 3 saturated carbocycles. The molecule has 0 heterocycles. The average molecular weight is 297 g/mol. The van der Waals surface area contributed by atoms with Crippen LogP contribution >= 0.6 is 12.4 Å². The topological polar surface area (TPSA) is 64.3 Å². The van der Waals surface area contributed by atoms with E-state index in [4.69, 9.17) is 10.5 Å². The smallest absolute Gasteiger partial charge is 0.407 e. The van der Waals surface area contributed by atoms with E-state index in [1.807, 2.05) is 30.3 Å². The van der Waals surface area contributed by atoms with Gasteiger partial charge in [0.1, 0.15) is 6.61 Å². The number of hydrogen-bond donors (Lipinski definition) is 2. The summed E-state index contributed by atoms with van der Waals surface area (Å²) in [7, 11) is 0. The van der Waals surface area contributed by atoms with Crippen LogP contribution in [0.15, 0.2) is 30.3 Å². The number of nitrogens with one attached hydrogen (secondary N) is 1. The van der Waals surface area contributed by atoms with Gasteiger partial charge < -0.3 is 15.8 Å². The zero-order valence-electron chi connectivity index (χ0n) is 11.4. The third kappa shape index (κ3) is 3.07. The van der Waals surface area contributed by atoms with Gasteiger partial charge in [-0.05, 0) is 37.7 Å². The third-order valence-corrected chi connectivity index (χ3v) is 4.29. The lowest BCUT2D eigenvalue weighted by molar-refractivity contribution is 0.0124. The van der Waals surface area contributed by atoms with Crippen molar-refractivity contribution in [1.82, 2.24) is 5.32 Å². The van der Waals surface area contributed by atoms with Crippen molar-refractivity contribution < 1.29 is 9.53 Å². The molecule has 1 amide bonds. The molecule has 1 aromatic carbocycles. The molecule has 0 unspecified atom stereocenters. The van der Waals surface area contributed by atoms with Crippen LogP contribution in [0.3, 0.4) is 0 Å². The van der Waals surface area contributed by atoms with Gasteiger partial charge in [-0.15, -0.1) is 12.4 Å².